The van der Waals surface area contributed by atoms with Gasteiger partial charge in [0.05, 0.1) is 11.5 Å². The zero-order chi connectivity index (χ0) is 23.4. The van der Waals surface area contributed by atoms with Crippen LogP contribution in [0.15, 0.2) is 41.3 Å². The van der Waals surface area contributed by atoms with Crippen molar-refractivity contribution in [2.45, 2.75) is 51.0 Å². The first-order valence-corrected chi connectivity index (χ1v) is 13.2. The number of nitrogens with zero attached hydrogens (tertiary/aromatic N) is 2. The van der Waals surface area contributed by atoms with Gasteiger partial charge in [-0.2, -0.15) is 4.31 Å². The summed E-state index contributed by atoms with van der Waals surface area (Å²) in [6, 6.07) is 11.3. The molecule has 2 heterocycles. The van der Waals surface area contributed by atoms with Gasteiger partial charge in [-0.25, -0.2) is 8.42 Å². The lowest BCUT2D eigenvalue weighted by Gasteiger charge is -2.34. The van der Waals surface area contributed by atoms with E-state index in [0.29, 0.717) is 37.7 Å². The Kier molecular flexibility index (Phi) is 7.46. The number of fused-ring (bicyclic) bond motifs is 1. The predicted molar refractivity (Wildman–Crippen MR) is 128 cm³/mol. The van der Waals surface area contributed by atoms with E-state index in [-0.39, 0.29) is 12.7 Å². The van der Waals surface area contributed by atoms with Crippen molar-refractivity contribution in [2.75, 3.05) is 39.6 Å². The van der Waals surface area contributed by atoms with E-state index in [4.69, 9.17) is 14.2 Å². The van der Waals surface area contributed by atoms with E-state index in [1.807, 2.05) is 24.3 Å². The third-order valence-electron chi connectivity index (χ3n) is 6.17. The number of sulfonamides is 1. The second kappa shape index (κ2) is 10.3. The summed E-state index contributed by atoms with van der Waals surface area (Å²) in [4.78, 5) is 2.62. The van der Waals surface area contributed by atoms with Crippen molar-refractivity contribution < 1.29 is 22.6 Å². The Labute approximate surface area is 197 Å². The maximum Gasteiger partial charge on any atom is 0.243 e. The molecule has 180 valence electrons. The molecule has 2 aromatic carbocycles. The summed E-state index contributed by atoms with van der Waals surface area (Å²) < 4.78 is 45.1. The van der Waals surface area contributed by atoms with Gasteiger partial charge in [0.15, 0.2) is 11.5 Å². The van der Waals surface area contributed by atoms with Gasteiger partial charge in [-0.3, -0.25) is 4.90 Å². The van der Waals surface area contributed by atoms with Crippen LogP contribution < -0.4 is 14.2 Å². The van der Waals surface area contributed by atoms with Crippen LogP contribution >= 0.6 is 0 Å². The molecular formula is C25H34N2O5S. The number of piperazine rings is 1. The average molecular weight is 475 g/mol. The second-order valence-electron chi connectivity index (χ2n) is 8.92. The minimum absolute atomic E-state index is 0.176. The first-order chi connectivity index (χ1) is 15.9. The van der Waals surface area contributed by atoms with Gasteiger partial charge in [0, 0.05) is 32.7 Å². The molecule has 2 aromatic rings. The van der Waals surface area contributed by atoms with Crippen LogP contribution in [0.2, 0.25) is 0 Å². The molecule has 0 bridgehead atoms. The number of hydrogen-bond donors (Lipinski definition) is 0. The van der Waals surface area contributed by atoms with Crippen LogP contribution in [0.4, 0.5) is 0 Å². The number of ether oxygens (including phenoxy) is 3. The van der Waals surface area contributed by atoms with Crippen molar-refractivity contribution in [3.8, 4) is 17.2 Å². The topological polar surface area (TPSA) is 68.3 Å². The third-order valence-corrected chi connectivity index (χ3v) is 8.07. The van der Waals surface area contributed by atoms with Crippen molar-refractivity contribution >= 4 is 10.0 Å². The molecule has 0 aromatic heterocycles. The highest BCUT2D eigenvalue weighted by molar-refractivity contribution is 7.89. The standard InChI is InChI=1S/C25H34N2O5S/c1-4-5-14-30-23-9-7-21(16-22(23)19(2)3)33(28,29)27-12-10-26(11-13-27)17-20-6-8-24-25(15-20)32-18-31-24/h6-9,15-16,19H,4-5,10-14,17-18H2,1-3H3. The molecule has 33 heavy (non-hydrogen) atoms. The molecule has 0 saturated carbocycles. The Morgan fingerprint density at radius 1 is 1.00 bits per heavy atom. The van der Waals surface area contributed by atoms with Crippen LogP contribution in [0.1, 0.15) is 50.7 Å². The number of benzene rings is 2. The van der Waals surface area contributed by atoms with E-state index in [0.717, 1.165) is 47.8 Å². The van der Waals surface area contributed by atoms with Crippen molar-refractivity contribution in [1.29, 1.82) is 0 Å². The zero-order valence-electron chi connectivity index (χ0n) is 19.7. The lowest BCUT2D eigenvalue weighted by atomic mass is 10.0. The molecule has 0 unspecified atom stereocenters. The quantitative estimate of drug-likeness (QED) is 0.507. The average Bonchev–Trinajstić information content (AvgIpc) is 3.27. The van der Waals surface area contributed by atoms with Gasteiger partial charge >= 0.3 is 0 Å². The normalized spacial score (nSPS) is 17.0. The molecule has 0 amide bonds. The molecule has 2 aliphatic rings. The van der Waals surface area contributed by atoms with Gasteiger partial charge in [0.2, 0.25) is 16.8 Å². The monoisotopic (exact) mass is 474 g/mol. The van der Waals surface area contributed by atoms with Crippen LogP contribution in [0.25, 0.3) is 0 Å². The largest absolute Gasteiger partial charge is 0.493 e. The number of unbranched alkanes of at least 4 members (excludes halogenated alkanes) is 1. The molecule has 7 nitrogen and oxygen atoms in total. The summed E-state index contributed by atoms with van der Waals surface area (Å²) in [5, 5.41) is 0. The Morgan fingerprint density at radius 3 is 2.48 bits per heavy atom. The van der Waals surface area contributed by atoms with Gasteiger partial charge in [0.1, 0.15) is 5.75 Å². The highest BCUT2D eigenvalue weighted by Crippen LogP contribution is 2.33. The minimum atomic E-state index is -3.55. The predicted octanol–water partition coefficient (Wildman–Crippen LogP) is 4.22. The summed E-state index contributed by atoms with van der Waals surface area (Å²) in [5.74, 6) is 2.51. The Bertz CT molecular complexity index is 1060. The highest BCUT2D eigenvalue weighted by Gasteiger charge is 2.29. The van der Waals surface area contributed by atoms with Crippen LogP contribution in [-0.4, -0.2) is 57.2 Å². The van der Waals surface area contributed by atoms with Crippen molar-refractivity contribution in [3.63, 3.8) is 0 Å². The van der Waals surface area contributed by atoms with E-state index in [9.17, 15) is 8.42 Å². The molecule has 0 atom stereocenters. The Hall–Kier alpha value is -2.29. The molecule has 0 N–H and O–H groups in total. The molecule has 2 aliphatic heterocycles. The fourth-order valence-electron chi connectivity index (χ4n) is 4.17. The molecule has 1 fully saturated rings. The Morgan fingerprint density at radius 2 is 1.76 bits per heavy atom. The number of hydrogen-bond acceptors (Lipinski definition) is 6. The fourth-order valence-corrected chi connectivity index (χ4v) is 5.63. The highest BCUT2D eigenvalue weighted by atomic mass is 32.2. The summed E-state index contributed by atoms with van der Waals surface area (Å²) in [5.41, 5.74) is 2.07. The first-order valence-electron chi connectivity index (χ1n) is 11.8. The van der Waals surface area contributed by atoms with Gasteiger partial charge < -0.3 is 14.2 Å². The van der Waals surface area contributed by atoms with Crippen molar-refractivity contribution in [2.24, 2.45) is 0 Å². The fraction of sp³-hybridized carbons (Fsp3) is 0.520. The molecule has 0 aliphatic carbocycles. The summed E-state index contributed by atoms with van der Waals surface area (Å²) in [7, 11) is -3.55. The third kappa shape index (κ3) is 5.45. The molecule has 8 heteroatoms. The van der Waals surface area contributed by atoms with Crippen LogP contribution in [-0.2, 0) is 16.6 Å². The van der Waals surface area contributed by atoms with Gasteiger partial charge in [0.25, 0.3) is 0 Å². The van der Waals surface area contributed by atoms with E-state index in [1.165, 1.54) is 0 Å². The second-order valence-corrected chi connectivity index (χ2v) is 10.9. The maximum absolute atomic E-state index is 13.4. The molecular weight excluding hydrogens is 440 g/mol. The zero-order valence-corrected chi connectivity index (χ0v) is 20.6. The van der Waals surface area contributed by atoms with Crippen LogP contribution in [0.5, 0.6) is 17.2 Å². The van der Waals surface area contributed by atoms with Crippen molar-refractivity contribution in [1.82, 2.24) is 9.21 Å². The summed E-state index contributed by atoms with van der Waals surface area (Å²) in [6.07, 6.45) is 2.04. The minimum Gasteiger partial charge on any atom is -0.493 e. The van der Waals surface area contributed by atoms with E-state index < -0.39 is 10.0 Å². The molecule has 4 rings (SSSR count). The van der Waals surface area contributed by atoms with Crippen LogP contribution in [0, 0.1) is 0 Å². The van der Waals surface area contributed by atoms with Gasteiger partial charge in [-0.15, -0.1) is 0 Å². The van der Waals surface area contributed by atoms with Gasteiger partial charge in [-0.1, -0.05) is 33.3 Å². The van der Waals surface area contributed by atoms with Gasteiger partial charge in [-0.05, 0) is 53.8 Å². The first kappa shape index (κ1) is 23.9. The van der Waals surface area contributed by atoms with E-state index in [1.54, 1.807) is 16.4 Å². The molecule has 0 radical (unpaired) electrons. The summed E-state index contributed by atoms with van der Waals surface area (Å²) in [6.45, 7) is 10.2. The Balaban J connectivity index is 1.40. The lowest BCUT2D eigenvalue weighted by molar-refractivity contribution is 0.173. The van der Waals surface area contributed by atoms with E-state index >= 15 is 0 Å². The smallest absolute Gasteiger partial charge is 0.243 e. The number of rotatable bonds is 9. The summed E-state index contributed by atoms with van der Waals surface area (Å²) >= 11 is 0. The lowest BCUT2D eigenvalue weighted by Crippen LogP contribution is -2.48. The van der Waals surface area contributed by atoms with E-state index in [2.05, 4.69) is 25.7 Å². The maximum atomic E-state index is 13.4. The molecule has 0 spiro atoms. The van der Waals surface area contributed by atoms with Crippen LogP contribution in [0.3, 0.4) is 0 Å². The SMILES string of the molecule is CCCCOc1ccc(S(=O)(=O)N2CCN(Cc3ccc4c(c3)OCO4)CC2)cc1C(C)C. The van der Waals surface area contributed by atoms with Crippen molar-refractivity contribution in [3.05, 3.63) is 47.5 Å². The molecule has 1 saturated heterocycles.